The molecule has 1 atom stereocenters. The van der Waals surface area contributed by atoms with Crippen molar-refractivity contribution in [1.29, 1.82) is 0 Å². The molecule has 3 aromatic rings. The van der Waals surface area contributed by atoms with Gasteiger partial charge in [0, 0.05) is 24.7 Å². The lowest BCUT2D eigenvalue weighted by molar-refractivity contribution is -0.136. The second-order valence-electron chi connectivity index (χ2n) is 9.78. The number of fused-ring (bicyclic) bond motifs is 1. The SMILES string of the molecule is CCN1CCCCCCN(C(=O)COc2ccc(Cl)cc2)[C@H](Cc2ccccc2)COc2ccccc2C1=O. The molecule has 0 saturated heterocycles. The molecule has 0 unspecified atom stereocenters. The summed E-state index contributed by atoms with van der Waals surface area (Å²) in [5, 5.41) is 0.615. The maximum atomic E-state index is 13.6. The minimum atomic E-state index is -0.234. The Kier molecular flexibility index (Phi) is 10.7. The number of nitrogens with zero attached hydrogens (tertiary/aromatic N) is 2. The van der Waals surface area contributed by atoms with Gasteiger partial charge in [0.2, 0.25) is 0 Å². The number of carbonyl (C=O) groups excluding carboxylic acids is 2. The Hall–Kier alpha value is -3.51. The monoisotopic (exact) mass is 548 g/mol. The van der Waals surface area contributed by atoms with Gasteiger partial charge in [-0.25, -0.2) is 0 Å². The molecule has 206 valence electrons. The Morgan fingerprint density at radius 2 is 1.62 bits per heavy atom. The second-order valence-corrected chi connectivity index (χ2v) is 10.2. The standard InChI is InChI=1S/C32H37ClN2O4/c1-2-34-20-10-3-4-11-21-35(31(36)24-38-28-18-16-26(33)17-19-28)27(22-25-12-6-5-7-13-25)23-39-30-15-9-8-14-29(30)32(34)37/h5-9,12-19,27H,2-4,10-11,20-24H2,1H3/t27-/m1/s1. The van der Waals surface area contributed by atoms with Crippen molar-refractivity contribution in [3.63, 3.8) is 0 Å². The summed E-state index contributed by atoms with van der Waals surface area (Å²) < 4.78 is 12.2. The van der Waals surface area contributed by atoms with Crippen LogP contribution in [-0.4, -0.2) is 60.5 Å². The quantitative estimate of drug-likeness (QED) is 0.364. The van der Waals surface area contributed by atoms with Crippen LogP contribution >= 0.6 is 11.6 Å². The molecule has 7 heteroatoms. The van der Waals surface area contributed by atoms with Crippen LogP contribution in [0, 0.1) is 0 Å². The first-order valence-corrected chi connectivity index (χ1v) is 14.2. The highest BCUT2D eigenvalue weighted by atomic mass is 35.5. The van der Waals surface area contributed by atoms with Crippen molar-refractivity contribution in [3.8, 4) is 11.5 Å². The van der Waals surface area contributed by atoms with Crippen molar-refractivity contribution in [2.75, 3.05) is 32.8 Å². The number of carbonyl (C=O) groups is 2. The van der Waals surface area contributed by atoms with Crippen molar-refractivity contribution >= 4 is 23.4 Å². The van der Waals surface area contributed by atoms with Crippen molar-refractivity contribution < 1.29 is 19.1 Å². The summed E-state index contributed by atoms with van der Waals surface area (Å²) in [5.74, 6) is 1.02. The smallest absolute Gasteiger partial charge is 0.260 e. The van der Waals surface area contributed by atoms with Crippen LogP contribution < -0.4 is 9.47 Å². The summed E-state index contributed by atoms with van der Waals surface area (Å²) in [4.78, 5) is 30.8. The number of benzene rings is 3. The minimum absolute atomic E-state index is 0.0194. The third-order valence-electron chi connectivity index (χ3n) is 7.05. The van der Waals surface area contributed by atoms with E-state index in [0.29, 0.717) is 48.1 Å². The van der Waals surface area contributed by atoms with Gasteiger partial charge in [-0.15, -0.1) is 0 Å². The lowest BCUT2D eigenvalue weighted by atomic mass is 10.0. The zero-order chi connectivity index (χ0) is 27.5. The van der Waals surface area contributed by atoms with Crippen LogP contribution in [0.1, 0.15) is 48.5 Å². The molecular weight excluding hydrogens is 512 g/mol. The van der Waals surface area contributed by atoms with Crippen molar-refractivity contribution in [1.82, 2.24) is 9.80 Å². The average molecular weight is 549 g/mol. The molecule has 0 bridgehead atoms. The summed E-state index contributed by atoms with van der Waals surface area (Å²) in [7, 11) is 0. The molecule has 1 heterocycles. The van der Waals surface area contributed by atoms with Gasteiger partial charge in [-0.05, 0) is 68.1 Å². The zero-order valence-corrected chi connectivity index (χ0v) is 23.3. The molecule has 4 rings (SSSR count). The molecule has 0 fully saturated rings. The number of halogens is 1. The first-order valence-electron chi connectivity index (χ1n) is 13.8. The molecule has 2 amide bonds. The van der Waals surface area contributed by atoms with Gasteiger partial charge in [-0.1, -0.05) is 66.9 Å². The van der Waals surface area contributed by atoms with E-state index >= 15 is 0 Å². The van der Waals surface area contributed by atoms with Gasteiger partial charge >= 0.3 is 0 Å². The van der Waals surface area contributed by atoms with Crippen LogP contribution in [0.2, 0.25) is 5.02 Å². The minimum Gasteiger partial charge on any atom is -0.491 e. The van der Waals surface area contributed by atoms with Crippen LogP contribution in [0.3, 0.4) is 0 Å². The van der Waals surface area contributed by atoms with Gasteiger partial charge in [0.05, 0.1) is 11.6 Å². The molecule has 3 aromatic carbocycles. The van der Waals surface area contributed by atoms with Gasteiger partial charge in [0.1, 0.15) is 18.1 Å². The molecule has 1 aliphatic rings. The summed E-state index contributed by atoms with van der Waals surface area (Å²) in [6.45, 7) is 4.17. The first-order chi connectivity index (χ1) is 19.0. The van der Waals surface area contributed by atoms with E-state index in [9.17, 15) is 9.59 Å². The molecule has 6 nitrogen and oxygen atoms in total. The fraction of sp³-hybridized carbons (Fsp3) is 0.375. The van der Waals surface area contributed by atoms with Gasteiger partial charge in [-0.2, -0.15) is 0 Å². The maximum absolute atomic E-state index is 13.6. The van der Waals surface area contributed by atoms with Crippen LogP contribution in [0.25, 0.3) is 0 Å². The van der Waals surface area contributed by atoms with Gasteiger partial charge in [0.25, 0.3) is 11.8 Å². The molecule has 39 heavy (non-hydrogen) atoms. The Balaban J connectivity index is 1.60. The highest BCUT2D eigenvalue weighted by Crippen LogP contribution is 2.23. The van der Waals surface area contributed by atoms with E-state index in [4.69, 9.17) is 21.1 Å². The molecule has 0 aliphatic carbocycles. The van der Waals surface area contributed by atoms with E-state index in [1.54, 1.807) is 24.3 Å². The molecule has 0 saturated carbocycles. The van der Waals surface area contributed by atoms with Crippen molar-refractivity contribution in [2.45, 2.75) is 45.1 Å². The van der Waals surface area contributed by atoms with E-state index in [1.165, 1.54) is 0 Å². The van der Waals surface area contributed by atoms with E-state index in [-0.39, 0.29) is 31.1 Å². The third kappa shape index (κ3) is 8.24. The average Bonchev–Trinajstić information content (AvgIpc) is 2.96. The lowest BCUT2D eigenvalue weighted by Gasteiger charge is -2.33. The van der Waals surface area contributed by atoms with Crippen molar-refractivity contribution in [2.24, 2.45) is 0 Å². The number of amides is 2. The van der Waals surface area contributed by atoms with E-state index in [0.717, 1.165) is 31.2 Å². The zero-order valence-electron chi connectivity index (χ0n) is 22.6. The fourth-order valence-corrected chi connectivity index (χ4v) is 5.01. The summed E-state index contributed by atoms with van der Waals surface area (Å²) in [6.07, 6.45) is 4.39. The highest BCUT2D eigenvalue weighted by Gasteiger charge is 2.27. The molecule has 0 aromatic heterocycles. The van der Waals surface area contributed by atoms with Crippen LogP contribution in [-0.2, 0) is 11.2 Å². The van der Waals surface area contributed by atoms with E-state index in [2.05, 4.69) is 12.1 Å². The first kappa shape index (κ1) is 28.5. The maximum Gasteiger partial charge on any atom is 0.260 e. The largest absolute Gasteiger partial charge is 0.491 e. The Morgan fingerprint density at radius 3 is 2.36 bits per heavy atom. The molecule has 0 spiro atoms. The van der Waals surface area contributed by atoms with Crippen LogP contribution in [0.4, 0.5) is 0 Å². The van der Waals surface area contributed by atoms with Gasteiger partial charge in [-0.3, -0.25) is 9.59 Å². The third-order valence-corrected chi connectivity index (χ3v) is 7.30. The van der Waals surface area contributed by atoms with E-state index in [1.807, 2.05) is 59.2 Å². The predicted octanol–water partition coefficient (Wildman–Crippen LogP) is 6.27. The van der Waals surface area contributed by atoms with Gasteiger partial charge in [0.15, 0.2) is 6.61 Å². The predicted molar refractivity (Wildman–Crippen MR) is 155 cm³/mol. The number of hydrogen-bond donors (Lipinski definition) is 0. The Bertz CT molecular complexity index is 1200. The Labute approximate surface area is 236 Å². The number of ether oxygens (including phenoxy) is 2. The highest BCUT2D eigenvalue weighted by molar-refractivity contribution is 6.30. The fourth-order valence-electron chi connectivity index (χ4n) is 4.88. The summed E-state index contributed by atoms with van der Waals surface area (Å²) in [6, 6.07) is 24.3. The van der Waals surface area contributed by atoms with E-state index < -0.39 is 0 Å². The van der Waals surface area contributed by atoms with Gasteiger partial charge < -0.3 is 19.3 Å². The number of rotatable bonds is 6. The number of hydrogen-bond acceptors (Lipinski definition) is 4. The van der Waals surface area contributed by atoms with Crippen molar-refractivity contribution in [3.05, 3.63) is 95.0 Å². The van der Waals surface area contributed by atoms with Crippen LogP contribution in [0.15, 0.2) is 78.9 Å². The molecule has 0 N–H and O–H groups in total. The summed E-state index contributed by atoms with van der Waals surface area (Å²) >= 11 is 5.99. The molecular formula is C32H37ClN2O4. The normalized spacial score (nSPS) is 17.1. The van der Waals surface area contributed by atoms with Crippen LogP contribution in [0.5, 0.6) is 11.5 Å². The molecule has 0 radical (unpaired) electrons. The number of para-hydroxylation sites is 1. The summed E-state index contributed by atoms with van der Waals surface area (Å²) in [5.41, 5.74) is 1.67. The molecule has 1 aliphatic heterocycles. The topological polar surface area (TPSA) is 59.1 Å². The Morgan fingerprint density at radius 1 is 0.923 bits per heavy atom. The lowest BCUT2D eigenvalue weighted by Crippen LogP contribution is -2.47. The second kappa shape index (κ2) is 14.6.